The minimum atomic E-state index is -5.03. The second-order valence-corrected chi connectivity index (χ2v) is 3.16. The molecule has 4 nitrogen and oxygen atoms in total. The van der Waals surface area contributed by atoms with Gasteiger partial charge in [0.1, 0.15) is 11.4 Å². The first-order valence-electron chi connectivity index (χ1n) is 4.20. The van der Waals surface area contributed by atoms with Crippen molar-refractivity contribution in [1.82, 2.24) is 0 Å². The highest BCUT2D eigenvalue weighted by atomic mass is 19.4. The Bertz CT molecular complexity index is 496. The van der Waals surface area contributed by atoms with Gasteiger partial charge in [-0.3, -0.25) is 14.9 Å². The number of halogens is 4. The molecule has 0 fully saturated rings. The molecule has 0 spiro atoms. The van der Waals surface area contributed by atoms with E-state index in [1.807, 2.05) is 0 Å². The smallest absolute Gasteiger partial charge is 0.294 e. The van der Waals surface area contributed by atoms with E-state index in [9.17, 15) is 32.5 Å². The topological polar surface area (TPSA) is 60.2 Å². The molecule has 0 heterocycles. The summed E-state index contributed by atoms with van der Waals surface area (Å²) in [4.78, 5) is 20.3. The molecule has 0 bridgehead atoms. The van der Waals surface area contributed by atoms with Crippen LogP contribution in [-0.4, -0.2) is 10.7 Å². The lowest BCUT2D eigenvalue weighted by atomic mass is 10.0. The number of carbonyl (C=O) groups is 1. The summed E-state index contributed by atoms with van der Waals surface area (Å²) in [6.07, 6.45) is -5.03. The van der Waals surface area contributed by atoms with Crippen LogP contribution in [0.5, 0.6) is 0 Å². The van der Waals surface area contributed by atoms with Crippen molar-refractivity contribution in [2.24, 2.45) is 0 Å². The maximum Gasteiger partial charge on any atom is 0.417 e. The number of hydrogen-bond acceptors (Lipinski definition) is 3. The van der Waals surface area contributed by atoms with Crippen LogP contribution in [0.25, 0.3) is 0 Å². The van der Waals surface area contributed by atoms with E-state index in [0.717, 1.165) is 6.92 Å². The Hall–Kier alpha value is -1.99. The van der Waals surface area contributed by atoms with Gasteiger partial charge in [0, 0.05) is 0 Å². The first kappa shape index (κ1) is 13.1. The molecule has 0 aliphatic heterocycles. The average Bonchev–Trinajstić information content (AvgIpc) is 2.14. The zero-order valence-corrected chi connectivity index (χ0v) is 8.34. The number of nitro groups is 1. The van der Waals surface area contributed by atoms with Gasteiger partial charge in [-0.25, -0.2) is 4.39 Å². The van der Waals surface area contributed by atoms with Crippen molar-refractivity contribution in [1.29, 1.82) is 0 Å². The molecule has 1 rings (SSSR count). The molecule has 17 heavy (non-hydrogen) atoms. The first-order chi connectivity index (χ1) is 7.64. The molecule has 0 aliphatic rings. The second kappa shape index (κ2) is 4.11. The zero-order valence-electron chi connectivity index (χ0n) is 8.34. The van der Waals surface area contributed by atoms with Crippen molar-refractivity contribution in [3.05, 3.63) is 39.2 Å². The minimum Gasteiger partial charge on any atom is -0.294 e. The molecule has 8 heteroatoms. The third-order valence-electron chi connectivity index (χ3n) is 1.94. The van der Waals surface area contributed by atoms with Crippen LogP contribution in [0.3, 0.4) is 0 Å². The SMILES string of the molecule is CC(=O)c1c([N+](=O)[O-])cc(F)cc1C(F)(F)F. The van der Waals surface area contributed by atoms with Gasteiger partial charge in [-0.15, -0.1) is 0 Å². The van der Waals surface area contributed by atoms with E-state index in [0.29, 0.717) is 0 Å². The first-order valence-corrected chi connectivity index (χ1v) is 4.20. The molecule has 92 valence electrons. The Morgan fingerprint density at radius 3 is 2.24 bits per heavy atom. The lowest BCUT2D eigenvalue weighted by Gasteiger charge is -2.11. The van der Waals surface area contributed by atoms with E-state index in [1.54, 1.807) is 0 Å². The Balaban J connectivity index is 3.70. The minimum absolute atomic E-state index is 0.0593. The number of Topliss-reactive ketones (excluding diaryl/α,β-unsaturated/α-hetero) is 1. The number of ketones is 1. The Kier molecular flexibility index (Phi) is 3.16. The second-order valence-electron chi connectivity index (χ2n) is 3.16. The van der Waals surface area contributed by atoms with Crippen molar-refractivity contribution in [3.63, 3.8) is 0 Å². The van der Waals surface area contributed by atoms with Gasteiger partial charge < -0.3 is 0 Å². The van der Waals surface area contributed by atoms with Crippen molar-refractivity contribution < 1.29 is 27.3 Å². The number of nitrogens with zero attached hydrogens (tertiary/aromatic N) is 1. The van der Waals surface area contributed by atoms with Crippen LogP contribution in [0.2, 0.25) is 0 Å². The predicted octanol–water partition coefficient (Wildman–Crippen LogP) is 2.96. The summed E-state index contributed by atoms with van der Waals surface area (Å²) in [5.41, 5.74) is -3.97. The van der Waals surface area contributed by atoms with Gasteiger partial charge >= 0.3 is 6.18 Å². The fourth-order valence-electron chi connectivity index (χ4n) is 1.33. The normalized spacial score (nSPS) is 11.4. The highest BCUT2D eigenvalue weighted by Gasteiger charge is 2.39. The molecule has 1 aromatic rings. The fourth-order valence-corrected chi connectivity index (χ4v) is 1.33. The van der Waals surface area contributed by atoms with Crippen LogP contribution in [0.4, 0.5) is 23.2 Å². The van der Waals surface area contributed by atoms with Gasteiger partial charge in [0.2, 0.25) is 0 Å². The van der Waals surface area contributed by atoms with E-state index in [2.05, 4.69) is 0 Å². The van der Waals surface area contributed by atoms with Crippen molar-refractivity contribution >= 4 is 11.5 Å². The highest BCUT2D eigenvalue weighted by Crippen LogP contribution is 2.36. The maximum absolute atomic E-state index is 12.8. The molecule has 0 saturated carbocycles. The van der Waals surface area contributed by atoms with Crippen LogP contribution in [0.15, 0.2) is 12.1 Å². The lowest BCUT2D eigenvalue weighted by molar-refractivity contribution is -0.385. The van der Waals surface area contributed by atoms with E-state index in [1.165, 1.54) is 0 Å². The summed E-state index contributed by atoms with van der Waals surface area (Å²) in [6, 6.07) is 0.343. The molecule has 0 amide bonds. The number of carbonyl (C=O) groups excluding carboxylic acids is 1. The van der Waals surface area contributed by atoms with Gasteiger partial charge in [0.25, 0.3) is 5.69 Å². The fraction of sp³-hybridized carbons (Fsp3) is 0.222. The summed E-state index contributed by atoms with van der Waals surface area (Å²) in [5.74, 6) is -2.57. The Labute approximate surface area is 92.0 Å². The summed E-state index contributed by atoms with van der Waals surface area (Å²) in [7, 11) is 0. The van der Waals surface area contributed by atoms with E-state index < -0.39 is 39.5 Å². The lowest BCUT2D eigenvalue weighted by Crippen LogP contribution is -2.14. The molecular formula is C9H5F4NO3. The van der Waals surface area contributed by atoms with Crippen LogP contribution < -0.4 is 0 Å². The monoisotopic (exact) mass is 251 g/mol. The number of rotatable bonds is 2. The molecule has 1 aromatic carbocycles. The van der Waals surface area contributed by atoms with Crippen molar-refractivity contribution in [2.45, 2.75) is 13.1 Å². The molecule has 0 atom stereocenters. The quantitative estimate of drug-likeness (QED) is 0.351. The van der Waals surface area contributed by atoms with Gasteiger partial charge in [0.05, 0.1) is 16.6 Å². The molecule has 0 aliphatic carbocycles. The average molecular weight is 251 g/mol. The molecule has 0 N–H and O–H groups in total. The largest absolute Gasteiger partial charge is 0.417 e. The maximum atomic E-state index is 12.8. The molecule has 0 aromatic heterocycles. The molecule has 0 unspecified atom stereocenters. The van der Waals surface area contributed by atoms with Gasteiger partial charge in [-0.2, -0.15) is 13.2 Å². The van der Waals surface area contributed by atoms with E-state index >= 15 is 0 Å². The molecule has 0 saturated heterocycles. The number of alkyl halides is 3. The highest BCUT2D eigenvalue weighted by molar-refractivity contribution is 5.99. The van der Waals surface area contributed by atoms with Crippen molar-refractivity contribution in [2.75, 3.05) is 0 Å². The summed E-state index contributed by atoms with van der Waals surface area (Å²) >= 11 is 0. The Morgan fingerprint density at radius 2 is 1.88 bits per heavy atom. The van der Waals surface area contributed by atoms with Crippen LogP contribution >= 0.6 is 0 Å². The standard InChI is InChI=1S/C9H5F4NO3/c1-4(15)8-6(9(11,12)13)2-5(10)3-7(8)14(16)17/h2-3H,1H3. The molecular weight excluding hydrogens is 246 g/mol. The third-order valence-corrected chi connectivity index (χ3v) is 1.94. The Morgan fingerprint density at radius 1 is 1.35 bits per heavy atom. The van der Waals surface area contributed by atoms with E-state index in [4.69, 9.17) is 0 Å². The summed E-state index contributed by atoms with van der Waals surface area (Å²) in [5, 5.41) is 10.5. The van der Waals surface area contributed by atoms with Crippen molar-refractivity contribution in [3.8, 4) is 0 Å². The molecule has 0 radical (unpaired) electrons. The van der Waals surface area contributed by atoms with Crippen LogP contribution in [-0.2, 0) is 6.18 Å². The van der Waals surface area contributed by atoms with E-state index in [-0.39, 0.29) is 12.1 Å². The summed E-state index contributed by atoms with van der Waals surface area (Å²) in [6.45, 7) is 0.746. The van der Waals surface area contributed by atoms with Gasteiger partial charge in [-0.1, -0.05) is 0 Å². The summed E-state index contributed by atoms with van der Waals surface area (Å²) < 4.78 is 50.3. The number of nitro benzene ring substituents is 1. The zero-order chi connectivity index (χ0) is 13.4. The van der Waals surface area contributed by atoms with Gasteiger partial charge in [0.15, 0.2) is 5.78 Å². The predicted molar refractivity (Wildman–Crippen MR) is 48.1 cm³/mol. The van der Waals surface area contributed by atoms with Crippen LogP contribution in [0.1, 0.15) is 22.8 Å². The third kappa shape index (κ3) is 2.58. The number of hydrogen-bond donors (Lipinski definition) is 0. The van der Waals surface area contributed by atoms with Gasteiger partial charge in [-0.05, 0) is 13.0 Å². The van der Waals surface area contributed by atoms with Crippen LogP contribution in [0, 0.1) is 15.9 Å². The number of benzene rings is 1.